The molecule has 1 unspecified atom stereocenters. The van der Waals surface area contributed by atoms with Gasteiger partial charge in [0, 0.05) is 16.1 Å². The maximum atomic E-state index is 13.5. The molecule has 0 bridgehead atoms. The average Bonchev–Trinajstić information content (AvgIpc) is 4.31. The summed E-state index contributed by atoms with van der Waals surface area (Å²) < 4.78 is 22.6. The molecule has 2 aliphatic rings. The van der Waals surface area contributed by atoms with Gasteiger partial charge in [0.1, 0.15) is 29.0 Å². The van der Waals surface area contributed by atoms with Crippen molar-refractivity contribution in [2.24, 2.45) is 15.0 Å². The first-order valence-electron chi connectivity index (χ1n) is 24.4. The van der Waals surface area contributed by atoms with E-state index in [0.717, 1.165) is 0 Å². The van der Waals surface area contributed by atoms with Crippen LogP contribution in [0.5, 0.6) is 23.0 Å². The molecule has 0 aliphatic carbocycles. The molecule has 0 spiro atoms. The lowest BCUT2D eigenvalue weighted by atomic mass is 9.94. The van der Waals surface area contributed by atoms with Crippen LogP contribution in [-0.4, -0.2) is 41.0 Å². The average molecular weight is 1060 g/mol. The molecule has 9 aromatic carbocycles. The summed E-state index contributed by atoms with van der Waals surface area (Å²) in [6, 6.07) is 66.9. The number of ether oxygens (including phenoxy) is 4. The third-order valence-corrected chi connectivity index (χ3v) is 13.0. The van der Waals surface area contributed by atoms with Crippen LogP contribution in [0.15, 0.2) is 263 Å². The third-order valence-electron chi connectivity index (χ3n) is 12.5. The minimum absolute atomic E-state index is 0.178. The molecule has 0 saturated carbocycles. The normalized spacial score (nSPS) is 13.7. The molecule has 9 aromatic rings. The van der Waals surface area contributed by atoms with Gasteiger partial charge in [-0.25, -0.2) is 34.2 Å². The Morgan fingerprint density at radius 1 is 0.385 bits per heavy atom. The predicted octanol–water partition coefficient (Wildman–Crippen LogP) is 14.0. The quantitative estimate of drug-likeness (QED) is 0.0813. The van der Waals surface area contributed by atoms with Crippen LogP contribution in [0.25, 0.3) is 0 Å². The van der Waals surface area contributed by atoms with Crippen LogP contribution in [0.3, 0.4) is 0 Å². The Balaban J connectivity index is 1.05. The molecule has 0 radical (unpaired) electrons. The second-order valence-electron chi connectivity index (χ2n) is 17.6. The van der Waals surface area contributed by atoms with Gasteiger partial charge >= 0.3 is 23.9 Å². The van der Waals surface area contributed by atoms with Crippen LogP contribution < -0.4 is 23.8 Å². The van der Waals surface area contributed by atoms with Crippen molar-refractivity contribution in [1.29, 1.82) is 0 Å². The van der Waals surface area contributed by atoms with Crippen LogP contribution in [0.4, 0.5) is 5.69 Å². The van der Waals surface area contributed by atoms with E-state index in [1.54, 1.807) is 200 Å². The van der Waals surface area contributed by atoms with Crippen molar-refractivity contribution >= 4 is 69.9 Å². The minimum atomic E-state index is -0.768. The van der Waals surface area contributed by atoms with Crippen molar-refractivity contribution in [2.75, 3.05) is 4.90 Å². The first kappa shape index (κ1) is 50.2. The SMILES string of the molecule is O=C(Oc1ccccc1)c1ccc(C2=NC(=C3N=C(c4ccc(C(=O)Oc5ccccc5)cc4)C(c4ccc(C(=O)Oc5ccccc5)cc4)N3c3ccc(Cl)cc3Cl)N=C2c2ccc(C(=O)Oc3ccccc3)cc2)cc1. The van der Waals surface area contributed by atoms with Crippen molar-refractivity contribution in [3.8, 4) is 23.0 Å². The fourth-order valence-corrected chi connectivity index (χ4v) is 9.16. The highest BCUT2D eigenvalue weighted by Crippen LogP contribution is 2.45. The largest absolute Gasteiger partial charge is 0.423 e. The molecule has 2 heterocycles. The fraction of sp³-hybridized carbons (Fsp3) is 0.0156. The highest BCUT2D eigenvalue weighted by molar-refractivity contribution is 6.55. The second-order valence-corrected chi connectivity index (χ2v) is 18.4. The van der Waals surface area contributed by atoms with Crippen molar-refractivity contribution in [1.82, 2.24) is 0 Å². The van der Waals surface area contributed by atoms with Crippen LogP contribution in [0, 0.1) is 0 Å². The van der Waals surface area contributed by atoms with E-state index in [2.05, 4.69) is 0 Å². The molecule has 78 heavy (non-hydrogen) atoms. The van der Waals surface area contributed by atoms with Crippen molar-refractivity contribution in [2.45, 2.75) is 6.04 Å². The van der Waals surface area contributed by atoms with E-state index in [-0.39, 0.29) is 16.7 Å². The third kappa shape index (κ3) is 11.0. The number of benzene rings is 9. The first-order chi connectivity index (χ1) is 38.1. The van der Waals surface area contributed by atoms with Gasteiger partial charge in [-0.05, 0) is 126 Å². The van der Waals surface area contributed by atoms with E-state index >= 15 is 0 Å². The summed E-state index contributed by atoms with van der Waals surface area (Å²) in [5, 5.41) is 0.675. The molecule has 0 amide bonds. The number of anilines is 1. The number of aliphatic imine (C=N–C) groups is 3. The number of halogens is 2. The Kier molecular flexibility index (Phi) is 14.4. The molecule has 0 fully saturated rings. The molecule has 12 nitrogen and oxygen atoms in total. The van der Waals surface area contributed by atoms with Gasteiger partial charge in [0.05, 0.1) is 50.1 Å². The lowest BCUT2D eigenvalue weighted by Crippen LogP contribution is -2.28. The van der Waals surface area contributed by atoms with Crippen LogP contribution in [-0.2, 0) is 0 Å². The highest BCUT2D eigenvalue weighted by Gasteiger charge is 2.40. The van der Waals surface area contributed by atoms with Gasteiger partial charge in [0.2, 0.25) is 0 Å². The van der Waals surface area contributed by atoms with Gasteiger partial charge < -0.3 is 23.8 Å². The smallest absolute Gasteiger partial charge is 0.343 e. The highest BCUT2D eigenvalue weighted by atomic mass is 35.5. The Morgan fingerprint density at radius 3 is 1.09 bits per heavy atom. The summed E-state index contributed by atoms with van der Waals surface area (Å²) in [5.74, 6) is -0.155. The summed E-state index contributed by atoms with van der Waals surface area (Å²) in [6.07, 6.45) is 0. The summed E-state index contributed by atoms with van der Waals surface area (Å²) in [7, 11) is 0. The summed E-state index contributed by atoms with van der Waals surface area (Å²) in [4.78, 5) is 71.2. The van der Waals surface area contributed by atoms with Crippen LogP contribution >= 0.6 is 23.2 Å². The fourth-order valence-electron chi connectivity index (χ4n) is 8.66. The Bertz CT molecular complexity index is 3740. The van der Waals surface area contributed by atoms with Gasteiger partial charge in [-0.15, -0.1) is 0 Å². The molecule has 0 N–H and O–H groups in total. The monoisotopic (exact) mass is 1060 g/mol. The molecule has 2 aliphatic heterocycles. The zero-order chi connectivity index (χ0) is 53.5. The Labute approximate surface area is 457 Å². The summed E-state index contributed by atoms with van der Waals surface area (Å²) in [6.45, 7) is 0. The number of carbonyl (C=O) groups excluding carboxylic acids is 4. The van der Waals surface area contributed by atoms with E-state index in [9.17, 15) is 19.2 Å². The summed E-state index contributed by atoms with van der Waals surface area (Å²) in [5.41, 5.74) is 5.54. The minimum Gasteiger partial charge on any atom is -0.423 e. The lowest BCUT2D eigenvalue weighted by Gasteiger charge is -2.29. The molecule has 378 valence electrons. The maximum Gasteiger partial charge on any atom is 0.343 e. The molecule has 0 saturated heterocycles. The molecular weight excluding hydrogens is 1020 g/mol. The Morgan fingerprint density at radius 2 is 0.731 bits per heavy atom. The van der Waals surface area contributed by atoms with Gasteiger partial charge in [0.15, 0.2) is 11.6 Å². The zero-order valence-electron chi connectivity index (χ0n) is 40.9. The van der Waals surface area contributed by atoms with E-state index in [1.165, 1.54) is 0 Å². The molecule has 1 atom stereocenters. The van der Waals surface area contributed by atoms with Crippen molar-refractivity contribution < 1.29 is 38.1 Å². The first-order valence-corrected chi connectivity index (χ1v) is 25.1. The number of hydrogen-bond donors (Lipinski definition) is 0. The number of para-hydroxylation sites is 4. The number of rotatable bonds is 13. The topological polar surface area (TPSA) is 146 Å². The molecular formula is C64H40Cl2N4O8. The second kappa shape index (κ2) is 22.5. The number of carbonyl (C=O) groups is 4. The molecule has 11 rings (SSSR count). The van der Waals surface area contributed by atoms with E-state index in [1.807, 2.05) is 41.3 Å². The predicted molar refractivity (Wildman–Crippen MR) is 300 cm³/mol. The molecule has 14 heteroatoms. The van der Waals surface area contributed by atoms with Gasteiger partial charge in [-0.1, -0.05) is 145 Å². The van der Waals surface area contributed by atoms with Gasteiger partial charge in [-0.2, -0.15) is 0 Å². The standard InChI is InChI=1S/C64H40Cl2N4O8/c65-48-37-38-54(53(66)39-48)70-58(43-27-35-47(36-28-43)64(74)78-52-19-11-4-12-20-52)57(42-25-33-46(34-26-42)63(73)77-51-17-9-3-10-18-51)69-60(70)59-67-55(40-21-29-44(30-22-40)61(71)75-49-13-5-1-6-14-49)56(68-59)41-23-31-45(32-24-41)62(72)76-50-15-7-2-8-16-50/h1-39,58H. The summed E-state index contributed by atoms with van der Waals surface area (Å²) >= 11 is 13.7. The van der Waals surface area contributed by atoms with Crippen molar-refractivity contribution in [3.63, 3.8) is 0 Å². The molecule has 0 aromatic heterocycles. The number of hydrogen-bond acceptors (Lipinski definition) is 12. The van der Waals surface area contributed by atoms with Crippen molar-refractivity contribution in [3.05, 3.63) is 303 Å². The maximum absolute atomic E-state index is 13.5. The van der Waals surface area contributed by atoms with E-state index in [0.29, 0.717) is 95.4 Å². The van der Waals surface area contributed by atoms with Crippen LogP contribution in [0.1, 0.15) is 69.7 Å². The van der Waals surface area contributed by atoms with Crippen LogP contribution in [0.2, 0.25) is 10.0 Å². The Hall–Kier alpha value is -10.0. The number of esters is 4. The lowest BCUT2D eigenvalue weighted by molar-refractivity contribution is 0.0725. The van der Waals surface area contributed by atoms with Gasteiger partial charge in [0.25, 0.3) is 0 Å². The van der Waals surface area contributed by atoms with E-state index in [4.69, 9.17) is 57.1 Å². The van der Waals surface area contributed by atoms with Gasteiger partial charge in [-0.3, -0.25) is 0 Å². The van der Waals surface area contributed by atoms with E-state index < -0.39 is 29.9 Å². The zero-order valence-corrected chi connectivity index (χ0v) is 42.4. The number of nitrogens with zero attached hydrogens (tertiary/aromatic N) is 4.